The van der Waals surface area contributed by atoms with Crippen LogP contribution in [0.15, 0.2) is 67.9 Å². The molecule has 0 fully saturated rings. The van der Waals surface area contributed by atoms with Crippen LogP contribution < -0.4 is 0 Å². The largest absolute Gasteiger partial charge is 0.351 e. The van der Waals surface area contributed by atoms with Gasteiger partial charge < -0.3 is 4.98 Å². The van der Waals surface area contributed by atoms with Crippen molar-refractivity contribution in [3.05, 3.63) is 90.3 Å². The summed E-state index contributed by atoms with van der Waals surface area (Å²) < 4.78 is 0. The predicted molar refractivity (Wildman–Crippen MR) is 98.2 cm³/mol. The molecule has 4 heteroatoms. The summed E-state index contributed by atoms with van der Waals surface area (Å²) in [6.07, 6.45) is 1.52. The van der Waals surface area contributed by atoms with E-state index in [2.05, 4.69) is 23.1 Å². The van der Waals surface area contributed by atoms with Crippen LogP contribution in [0.25, 0.3) is 21.8 Å². The molecule has 0 bridgehead atoms. The minimum Gasteiger partial charge on any atom is -0.351 e. The fourth-order valence-electron chi connectivity index (χ4n) is 3.37. The molecule has 1 aliphatic rings. The van der Waals surface area contributed by atoms with Crippen LogP contribution in [0.1, 0.15) is 32.0 Å². The van der Waals surface area contributed by atoms with Gasteiger partial charge in [0.25, 0.3) is 0 Å². The number of para-hydroxylation sites is 2. The number of carbonyl (C=O) groups excluding carboxylic acids is 2. The predicted octanol–water partition coefficient (Wildman–Crippen LogP) is 4.29. The van der Waals surface area contributed by atoms with Gasteiger partial charge in [-0.25, -0.2) is 0 Å². The third-order valence-corrected chi connectivity index (χ3v) is 4.41. The van der Waals surface area contributed by atoms with E-state index in [1.165, 1.54) is 6.20 Å². The van der Waals surface area contributed by atoms with Gasteiger partial charge in [0.2, 0.25) is 5.78 Å². The monoisotopic (exact) mass is 326 g/mol. The van der Waals surface area contributed by atoms with Crippen LogP contribution in [0.5, 0.6) is 0 Å². The van der Waals surface area contributed by atoms with Crippen LogP contribution in [0.4, 0.5) is 0 Å². The van der Waals surface area contributed by atoms with E-state index < -0.39 is 0 Å². The third-order valence-electron chi connectivity index (χ3n) is 4.41. The van der Waals surface area contributed by atoms with Crippen molar-refractivity contribution in [2.75, 3.05) is 0 Å². The first-order valence-corrected chi connectivity index (χ1v) is 7.83. The maximum absolute atomic E-state index is 13.0. The van der Waals surface area contributed by atoms with Gasteiger partial charge in [-0.3, -0.25) is 14.6 Å². The number of carbonyl (C=O) groups is 2. The Morgan fingerprint density at radius 2 is 1.48 bits per heavy atom. The average Bonchev–Trinajstić information content (AvgIpc) is 3.07. The molecule has 1 N–H and O–H groups in total. The van der Waals surface area contributed by atoms with Crippen LogP contribution in [-0.2, 0) is 0 Å². The quantitative estimate of drug-likeness (QED) is 0.432. The van der Waals surface area contributed by atoms with E-state index in [1.54, 1.807) is 0 Å². The molecule has 0 radical (unpaired) electrons. The molecule has 1 aliphatic carbocycles. The SMILES string of the molecule is C=C.O=C1c2[nH]c3ccccc3c2C(=O)c2cnc3ccccc3c21. The normalized spacial score (nSPS) is 12.5. The molecule has 0 unspecified atom stereocenters. The van der Waals surface area contributed by atoms with Gasteiger partial charge in [-0.15, -0.1) is 13.2 Å². The third kappa shape index (κ3) is 1.97. The minimum atomic E-state index is -0.149. The van der Waals surface area contributed by atoms with E-state index in [0.717, 1.165) is 10.9 Å². The van der Waals surface area contributed by atoms with Gasteiger partial charge in [0.05, 0.1) is 22.3 Å². The molecule has 0 atom stereocenters. The topological polar surface area (TPSA) is 62.8 Å². The number of H-pyrrole nitrogens is 1. The number of ketones is 2. The number of nitrogens with one attached hydrogen (secondary N) is 1. The molecule has 25 heavy (non-hydrogen) atoms. The Labute approximate surface area is 143 Å². The second-order valence-corrected chi connectivity index (χ2v) is 5.64. The van der Waals surface area contributed by atoms with Gasteiger partial charge >= 0.3 is 0 Å². The van der Waals surface area contributed by atoms with Crippen molar-refractivity contribution in [3.8, 4) is 0 Å². The number of aromatic nitrogens is 2. The summed E-state index contributed by atoms with van der Waals surface area (Å²) in [4.78, 5) is 33.4. The zero-order valence-corrected chi connectivity index (χ0v) is 13.4. The lowest BCUT2D eigenvalue weighted by molar-refractivity contribution is 0.0979. The molecule has 2 aromatic carbocycles. The number of benzene rings is 2. The van der Waals surface area contributed by atoms with Gasteiger partial charge in [-0.2, -0.15) is 0 Å². The maximum atomic E-state index is 13.0. The molecule has 0 saturated carbocycles. The van der Waals surface area contributed by atoms with Gasteiger partial charge in [0.15, 0.2) is 5.78 Å². The van der Waals surface area contributed by atoms with Crippen LogP contribution >= 0.6 is 0 Å². The lowest BCUT2D eigenvalue weighted by Gasteiger charge is -2.16. The maximum Gasteiger partial charge on any atom is 0.211 e. The van der Waals surface area contributed by atoms with Crippen LogP contribution in [0.2, 0.25) is 0 Å². The highest BCUT2D eigenvalue weighted by molar-refractivity contribution is 6.34. The van der Waals surface area contributed by atoms with Crippen molar-refractivity contribution in [2.45, 2.75) is 0 Å². The summed E-state index contributed by atoms with van der Waals surface area (Å²) in [6, 6.07) is 14.9. The Morgan fingerprint density at radius 1 is 0.800 bits per heavy atom. The van der Waals surface area contributed by atoms with Crippen molar-refractivity contribution in [3.63, 3.8) is 0 Å². The molecule has 4 nitrogen and oxygen atoms in total. The van der Waals surface area contributed by atoms with E-state index in [9.17, 15) is 9.59 Å². The summed E-state index contributed by atoms with van der Waals surface area (Å²) in [5.41, 5.74) is 3.16. The second kappa shape index (κ2) is 5.53. The Kier molecular flexibility index (Phi) is 3.32. The first kappa shape index (κ1) is 15.0. The second-order valence-electron chi connectivity index (χ2n) is 5.64. The van der Waals surface area contributed by atoms with Crippen LogP contribution in [0.3, 0.4) is 0 Å². The van der Waals surface area contributed by atoms with Gasteiger partial charge in [0, 0.05) is 28.0 Å². The summed E-state index contributed by atoms with van der Waals surface area (Å²) in [5.74, 6) is -0.297. The fourth-order valence-corrected chi connectivity index (χ4v) is 3.37. The highest BCUT2D eigenvalue weighted by Crippen LogP contribution is 2.34. The zero-order chi connectivity index (χ0) is 17.6. The zero-order valence-electron chi connectivity index (χ0n) is 13.4. The molecular weight excluding hydrogens is 312 g/mol. The Bertz CT molecular complexity index is 1170. The number of pyridine rings is 1. The first-order chi connectivity index (χ1) is 12.3. The molecule has 2 aromatic heterocycles. The van der Waals surface area contributed by atoms with E-state index in [0.29, 0.717) is 33.3 Å². The standard InChI is InChI=1S/C19H10N2O2.C2H4/c22-18-12-9-20-13-7-3-1-5-10(13)15(12)19(23)17-16(18)11-6-2-4-8-14(11)21-17;1-2/h1-9,21H;1-2H2. The van der Waals surface area contributed by atoms with Gasteiger partial charge in [0.1, 0.15) is 0 Å². The van der Waals surface area contributed by atoms with E-state index in [1.807, 2.05) is 48.5 Å². The lowest BCUT2D eigenvalue weighted by atomic mass is 9.86. The molecule has 0 amide bonds. The highest BCUT2D eigenvalue weighted by Gasteiger charge is 2.34. The highest BCUT2D eigenvalue weighted by atomic mass is 16.1. The smallest absolute Gasteiger partial charge is 0.211 e. The number of aromatic amines is 1. The first-order valence-electron chi connectivity index (χ1n) is 7.83. The van der Waals surface area contributed by atoms with Crippen LogP contribution in [0, 0.1) is 0 Å². The number of hydrogen-bond donors (Lipinski definition) is 1. The summed E-state index contributed by atoms with van der Waals surface area (Å²) in [7, 11) is 0. The van der Waals surface area contributed by atoms with Crippen LogP contribution in [-0.4, -0.2) is 21.5 Å². The van der Waals surface area contributed by atoms with Crippen molar-refractivity contribution in [1.82, 2.24) is 9.97 Å². The number of nitrogens with zero attached hydrogens (tertiary/aromatic N) is 1. The lowest BCUT2D eigenvalue weighted by Crippen LogP contribution is -2.21. The summed E-state index contributed by atoms with van der Waals surface area (Å²) in [5, 5.41) is 1.49. The van der Waals surface area contributed by atoms with Crippen molar-refractivity contribution < 1.29 is 9.59 Å². The molecule has 0 spiro atoms. The minimum absolute atomic E-state index is 0.148. The summed E-state index contributed by atoms with van der Waals surface area (Å²) in [6.45, 7) is 6.00. The van der Waals surface area contributed by atoms with Gasteiger partial charge in [-0.1, -0.05) is 36.4 Å². The molecular formula is C21H14N2O2. The van der Waals surface area contributed by atoms with E-state index >= 15 is 0 Å². The Balaban J connectivity index is 0.000000758. The van der Waals surface area contributed by atoms with E-state index in [-0.39, 0.29) is 11.6 Å². The molecule has 120 valence electrons. The molecule has 4 aromatic rings. The summed E-state index contributed by atoms with van der Waals surface area (Å²) >= 11 is 0. The van der Waals surface area contributed by atoms with Crippen molar-refractivity contribution in [1.29, 1.82) is 0 Å². The fraction of sp³-hybridized carbons (Fsp3) is 0. The molecule has 0 aliphatic heterocycles. The Hall–Kier alpha value is -3.53. The number of hydrogen-bond acceptors (Lipinski definition) is 3. The average molecular weight is 326 g/mol. The molecule has 5 rings (SSSR count). The molecule has 2 heterocycles. The van der Waals surface area contributed by atoms with Crippen molar-refractivity contribution >= 4 is 33.4 Å². The number of fused-ring (bicyclic) bond motifs is 6. The van der Waals surface area contributed by atoms with Crippen molar-refractivity contribution in [2.24, 2.45) is 0 Å². The Morgan fingerprint density at radius 3 is 2.28 bits per heavy atom. The van der Waals surface area contributed by atoms with E-state index in [4.69, 9.17) is 0 Å². The van der Waals surface area contributed by atoms with Gasteiger partial charge in [-0.05, 0) is 12.1 Å². The number of rotatable bonds is 0. The molecule has 0 saturated heterocycles.